The van der Waals surface area contributed by atoms with E-state index in [-0.39, 0.29) is 31.1 Å². The highest BCUT2D eigenvalue weighted by Crippen LogP contribution is 2.22. The van der Waals surface area contributed by atoms with E-state index in [2.05, 4.69) is 5.32 Å². The van der Waals surface area contributed by atoms with Gasteiger partial charge in [0.1, 0.15) is 0 Å². The van der Waals surface area contributed by atoms with Crippen LogP contribution >= 0.6 is 22.9 Å². The minimum Gasteiger partial charge on any atom is -0.456 e. The molecule has 0 aliphatic heterocycles. The lowest BCUT2D eigenvalue weighted by Crippen LogP contribution is -2.28. The van der Waals surface area contributed by atoms with Crippen molar-refractivity contribution in [2.24, 2.45) is 0 Å². The molecule has 1 aromatic heterocycles. The maximum absolute atomic E-state index is 11.8. The predicted octanol–water partition coefficient (Wildman–Crippen LogP) is 3.22. The third-order valence-corrected chi connectivity index (χ3v) is 4.37. The third-order valence-electron chi connectivity index (χ3n) is 3.10. The second kappa shape index (κ2) is 9.20. The fraction of sp³-hybridized carbons (Fsp3) is 0.235. The Morgan fingerprint density at radius 1 is 1.04 bits per heavy atom. The molecule has 7 heteroatoms. The molecule has 1 aromatic carbocycles. The van der Waals surface area contributed by atoms with E-state index in [1.165, 1.54) is 11.3 Å². The van der Waals surface area contributed by atoms with Crippen molar-refractivity contribution in [1.29, 1.82) is 0 Å². The van der Waals surface area contributed by atoms with Gasteiger partial charge >= 0.3 is 5.97 Å². The second-order valence-electron chi connectivity index (χ2n) is 4.95. The highest BCUT2D eigenvalue weighted by molar-refractivity contribution is 7.18. The van der Waals surface area contributed by atoms with Gasteiger partial charge in [-0.1, -0.05) is 41.9 Å². The Bertz CT molecular complexity index is 714. The number of hydrogen-bond acceptors (Lipinski definition) is 5. The quantitative estimate of drug-likeness (QED) is 0.576. The van der Waals surface area contributed by atoms with Crippen LogP contribution in [-0.2, 0) is 20.9 Å². The van der Waals surface area contributed by atoms with Crippen LogP contribution in [0.5, 0.6) is 0 Å². The number of hydrogen-bond donors (Lipinski definition) is 1. The molecule has 2 aromatic rings. The van der Waals surface area contributed by atoms with Gasteiger partial charge in [0.05, 0.1) is 15.6 Å². The van der Waals surface area contributed by atoms with Crippen molar-refractivity contribution >= 4 is 40.6 Å². The van der Waals surface area contributed by atoms with Crippen LogP contribution in [0.1, 0.15) is 28.1 Å². The van der Waals surface area contributed by atoms with Crippen LogP contribution in [0.2, 0.25) is 4.34 Å². The van der Waals surface area contributed by atoms with E-state index in [1.807, 2.05) is 30.3 Å². The molecule has 2 rings (SSSR count). The molecule has 0 saturated heterocycles. The molecule has 1 amide bonds. The predicted molar refractivity (Wildman–Crippen MR) is 92.1 cm³/mol. The molecule has 0 aliphatic rings. The van der Waals surface area contributed by atoms with Gasteiger partial charge in [-0.05, 0) is 17.7 Å². The van der Waals surface area contributed by atoms with E-state index >= 15 is 0 Å². The maximum Gasteiger partial charge on any atom is 0.306 e. The standard InChI is InChI=1S/C17H16ClNO4S/c18-15-8-7-14(24-15)13(20)6-9-17(22)23-11-16(21)19-10-12-4-2-1-3-5-12/h1-5,7-8H,6,9-11H2,(H,19,21). The van der Waals surface area contributed by atoms with Gasteiger partial charge in [-0.2, -0.15) is 0 Å². The molecule has 0 saturated carbocycles. The van der Waals surface area contributed by atoms with Crippen LogP contribution in [0.4, 0.5) is 0 Å². The highest BCUT2D eigenvalue weighted by atomic mass is 35.5. The topological polar surface area (TPSA) is 72.5 Å². The summed E-state index contributed by atoms with van der Waals surface area (Å²) in [6.07, 6.45) is -0.0401. The number of ether oxygens (including phenoxy) is 1. The van der Waals surface area contributed by atoms with Gasteiger partial charge in [-0.25, -0.2) is 0 Å². The average molecular weight is 366 g/mol. The molecule has 126 valence electrons. The molecule has 1 N–H and O–H groups in total. The molecular weight excluding hydrogens is 350 g/mol. The van der Waals surface area contributed by atoms with Crippen LogP contribution in [-0.4, -0.2) is 24.3 Å². The van der Waals surface area contributed by atoms with Crippen molar-refractivity contribution in [2.75, 3.05) is 6.61 Å². The van der Waals surface area contributed by atoms with E-state index in [4.69, 9.17) is 16.3 Å². The Labute approximate surface area is 148 Å². The van der Waals surface area contributed by atoms with E-state index in [0.29, 0.717) is 15.8 Å². The number of halogens is 1. The van der Waals surface area contributed by atoms with Gasteiger partial charge < -0.3 is 10.1 Å². The van der Waals surface area contributed by atoms with E-state index in [1.54, 1.807) is 12.1 Å². The lowest BCUT2D eigenvalue weighted by atomic mass is 10.2. The largest absolute Gasteiger partial charge is 0.456 e. The van der Waals surface area contributed by atoms with Gasteiger partial charge in [-0.3, -0.25) is 14.4 Å². The number of amides is 1. The molecular formula is C17H16ClNO4S. The Morgan fingerprint density at radius 2 is 1.79 bits per heavy atom. The Morgan fingerprint density at radius 3 is 2.46 bits per heavy atom. The molecule has 24 heavy (non-hydrogen) atoms. The summed E-state index contributed by atoms with van der Waals surface area (Å²) in [6, 6.07) is 12.7. The van der Waals surface area contributed by atoms with Crippen LogP contribution in [0.3, 0.4) is 0 Å². The number of benzene rings is 1. The summed E-state index contributed by atoms with van der Waals surface area (Å²) in [5.41, 5.74) is 0.956. The van der Waals surface area contributed by atoms with Crippen LogP contribution in [0, 0.1) is 0 Å². The van der Waals surface area contributed by atoms with E-state index in [9.17, 15) is 14.4 Å². The molecule has 5 nitrogen and oxygen atoms in total. The zero-order valence-corrected chi connectivity index (χ0v) is 14.4. The van der Waals surface area contributed by atoms with Crippen molar-refractivity contribution in [1.82, 2.24) is 5.32 Å². The Balaban J connectivity index is 1.63. The molecule has 0 fully saturated rings. The van der Waals surface area contributed by atoms with Crippen LogP contribution in [0.15, 0.2) is 42.5 Å². The number of Topliss-reactive ketones (excluding diaryl/α,β-unsaturated/α-hetero) is 1. The van der Waals surface area contributed by atoms with Gasteiger partial charge in [-0.15, -0.1) is 11.3 Å². The van der Waals surface area contributed by atoms with Gasteiger partial charge in [0.25, 0.3) is 5.91 Å². The lowest BCUT2D eigenvalue weighted by Gasteiger charge is -2.06. The summed E-state index contributed by atoms with van der Waals surface area (Å²) in [7, 11) is 0. The first-order chi connectivity index (χ1) is 11.5. The summed E-state index contributed by atoms with van der Waals surface area (Å²) in [4.78, 5) is 35.5. The monoisotopic (exact) mass is 365 g/mol. The first-order valence-electron chi connectivity index (χ1n) is 7.29. The first-order valence-corrected chi connectivity index (χ1v) is 8.49. The summed E-state index contributed by atoms with van der Waals surface area (Å²) in [5.74, 6) is -1.14. The molecule has 0 spiro atoms. The van der Waals surface area contributed by atoms with Crippen molar-refractivity contribution in [3.63, 3.8) is 0 Å². The molecule has 0 bridgehead atoms. The molecule has 0 atom stereocenters. The van der Waals surface area contributed by atoms with Gasteiger partial charge in [0, 0.05) is 13.0 Å². The minimum absolute atomic E-state index is 0.0291. The molecule has 0 aliphatic carbocycles. The van der Waals surface area contributed by atoms with E-state index < -0.39 is 5.97 Å². The van der Waals surface area contributed by atoms with Gasteiger partial charge in [0.15, 0.2) is 12.4 Å². The number of nitrogens with one attached hydrogen (secondary N) is 1. The van der Waals surface area contributed by atoms with Crippen molar-refractivity contribution in [3.05, 3.63) is 57.2 Å². The third kappa shape index (κ3) is 6.14. The number of carbonyl (C=O) groups is 3. The number of esters is 1. The average Bonchev–Trinajstić information content (AvgIpc) is 3.03. The Kier molecular flexibility index (Phi) is 6.96. The molecule has 0 unspecified atom stereocenters. The molecule has 1 heterocycles. The summed E-state index contributed by atoms with van der Waals surface area (Å²) < 4.78 is 5.38. The normalized spacial score (nSPS) is 10.2. The fourth-order valence-corrected chi connectivity index (χ4v) is 2.88. The van der Waals surface area contributed by atoms with Crippen molar-refractivity contribution in [3.8, 4) is 0 Å². The zero-order valence-electron chi connectivity index (χ0n) is 12.8. The van der Waals surface area contributed by atoms with Crippen molar-refractivity contribution in [2.45, 2.75) is 19.4 Å². The van der Waals surface area contributed by atoms with Crippen molar-refractivity contribution < 1.29 is 19.1 Å². The smallest absolute Gasteiger partial charge is 0.306 e. The number of ketones is 1. The summed E-state index contributed by atoms with van der Waals surface area (Å²) in [5, 5.41) is 2.65. The van der Waals surface area contributed by atoms with E-state index in [0.717, 1.165) is 5.56 Å². The minimum atomic E-state index is -0.583. The SMILES string of the molecule is O=C(COC(=O)CCC(=O)c1ccc(Cl)s1)NCc1ccccc1. The summed E-state index contributed by atoms with van der Waals surface area (Å²) in [6.45, 7) is 0.0134. The first kappa shape index (κ1) is 18.2. The second-order valence-corrected chi connectivity index (χ2v) is 6.67. The number of thiophene rings is 1. The lowest BCUT2D eigenvalue weighted by molar-refractivity contribution is -0.148. The van der Waals surface area contributed by atoms with Crippen LogP contribution in [0.25, 0.3) is 0 Å². The van der Waals surface area contributed by atoms with Gasteiger partial charge in [0.2, 0.25) is 0 Å². The highest BCUT2D eigenvalue weighted by Gasteiger charge is 2.13. The molecule has 0 radical (unpaired) electrons. The number of carbonyl (C=O) groups excluding carboxylic acids is 3. The maximum atomic E-state index is 11.8. The Hall–Kier alpha value is -2.18. The number of rotatable bonds is 8. The summed E-state index contributed by atoms with van der Waals surface area (Å²) >= 11 is 6.93. The zero-order chi connectivity index (χ0) is 17.4. The fourth-order valence-electron chi connectivity index (χ4n) is 1.87. The van der Waals surface area contributed by atoms with Crippen LogP contribution < -0.4 is 5.32 Å².